The van der Waals surface area contributed by atoms with Crippen molar-refractivity contribution in [2.45, 2.75) is 57.4 Å². The first kappa shape index (κ1) is 23.8. The highest BCUT2D eigenvalue weighted by molar-refractivity contribution is 6.32. The zero-order chi connectivity index (χ0) is 23.5. The van der Waals surface area contributed by atoms with E-state index in [2.05, 4.69) is 33.3 Å². The summed E-state index contributed by atoms with van der Waals surface area (Å²) in [5.74, 6) is 0.959. The second-order valence-corrected chi connectivity index (χ2v) is 10.1. The zero-order valence-corrected chi connectivity index (χ0v) is 21.2. The van der Waals surface area contributed by atoms with Gasteiger partial charge in [-0.25, -0.2) is 14.6 Å². The van der Waals surface area contributed by atoms with Gasteiger partial charge in [-0.2, -0.15) is 5.10 Å². The lowest BCUT2D eigenvalue weighted by Crippen LogP contribution is -2.34. The quantitative estimate of drug-likeness (QED) is 0.332. The van der Waals surface area contributed by atoms with Gasteiger partial charge in [0.05, 0.1) is 23.4 Å². The van der Waals surface area contributed by atoms with Gasteiger partial charge in [-0.3, -0.25) is 0 Å². The second-order valence-electron chi connectivity index (χ2n) is 9.36. The molecule has 9 heteroatoms. The summed E-state index contributed by atoms with van der Waals surface area (Å²) in [6.07, 6.45) is 10.2. The van der Waals surface area contributed by atoms with E-state index in [1.165, 1.54) is 5.56 Å². The van der Waals surface area contributed by atoms with E-state index >= 15 is 0 Å². The molecule has 1 N–H and O–H groups in total. The first-order valence-electron chi connectivity index (χ1n) is 12.4. The average molecular weight is 503 g/mol. The number of halogens is 2. The van der Waals surface area contributed by atoms with Crippen LogP contribution in [0.3, 0.4) is 0 Å². The molecule has 34 heavy (non-hydrogen) atoms. The predicted octanol–water partition coefficient (Wildman–Crippen LogP) is 6.21. The number of aromatic nitrogens is 4. The maximum absolute atomic E-state index is 6.70. The monoisotopic (exact) mass is 502 g/mol. The summed E-state index contributed by atoms with van der Waals surface area (Å²) in [4.78, 5) is 11.8. The Morgan fingerprint density at radius 3 is 2.68 bits per heavy atom. The fourth-order valence-electron chi connectivity index (χ4n) is 4.67. The molecule has 1 aliphatic heterocycles. The Bertz CT molecular complexity index is 1120. The molecule has 2 fully saturated rings. The largest absolute Gasteiger partial charge is 0.381 e. The van der Waals surface area contributed by atoms with Crippen LogP contribution in [-0.4, -0.2) is 57.5 Å². The van der Waals surface area contributed by atoms with Crippen LogP contribution >= 0.6 is 23.2 Å². The maximum atomic E-state index is 6.70. The molecule has 1 aliphatic carbocycles. The number of nitrogens with one attached hydrogen (secondary N) is 1. The molecule has 2 aliphatic rings. The highest BCUT2D eigenvalue weighted by Crippen LogP contribution is 2.39. The lowest BCUT2D eigenvalue weighted by Gasteiger charge is -2.32. The molecule has 0 spiro atoms. The number of hydrogen-bond donors (Lipinski definition) is 1. The number of benzene rings is 1. The Balaban J connectivity index is 1.24. The fourth-order valence-corrected chi connectivity index (χ4v) is 5.27. The summed E-state index contributed by atoms with van der Waals surface area (Å²) in [6, 6.07) is 4.55. The van der Waals surface area contributed by atoms with Crippen LogP contribution in [0.15, 0.2) is 24.5 Å². The number of piperidine rings is 1. The van der Waals surface area contributed by atoms with Crippen LogP contribution in [-0.2, 0) is 4.74 Å². The molecular weight excluding hydrogens is 471 g/mol. The highest BCUT2D eigenvalue weighted by atomic mass is 35.5. The molecule has 3 heterocycles. The number of hydrogen-bond acceptors (Lipinski definition) is 6. The summed E-state index contributed by atoms with van der Waals surface area (Å²) in [5.41, 5.74) is 2.80. The van der Waals surface area contributed by atoms with E-state index in [1.54, 1.807) is 6.20 Å². The van der Waals surface area contributed by atoms with Gasteiger partial charge in [0.25, 0.3) is 0 Å². The Kier molecular flexibility index (Phi) is 7.54. The standard InChI is InChI=1S/C25H32Cl2N6O/c1-2-11-34-12-3-8-32-9-6-17(7-10-32)20-14-22-18(13-21(20)26)15-28-25(30-22)31-23-16-29-33(24(23)27)19-4-5-19/h13-17,19H,2-12H2,1H3,(H,28,30,31). The molecule has 0 unspecified atom stereocenters. The molecule has 3 aromatic rings. The second kappa shape index (κ2) is 10.8. The fraction of sp³-hybridized carbons (Fsp3) is 0.560. The topological polar surface area (TPSA) is 68.1 Å². The molecule has 182 valence electrons. The van der Waals surface area contributed by atoms with Crippen LogP contribution in [0.2, 0.25) is 10.2 Å². The maximum Gasteiger partial charge on any atom is 0.227 e. The van der Waals surface area contributed by atoms with Crippen LogP contribution < -0.4 is 5.32 Å². The van der Waals surface area contributed by atoms with Crippen molar-refractivity contribution < 1.29 is 4.74 Å². The smallest absolute Gasteiger partial charge is 0.227 e. The van der Waals surface area contributed by atoms with Gasteiger partial charge in [0, 0.05) is 36.4 Å². The number of anilines is 2. The third kappa shape index (κ3) is 5.48. The van der Waals surface area contributed by atoms with E-state index in [-0.39, 0.29) is 0 Å². The lowest BCUT2D eigenvalue weighted by atomic mass is 9.89. The zero-order valence-electron chi connectivity index (χ0n) is 19.6. The molecule has 0 radical (unpaired) electrons. The average Bonchev–Trinajstić information content (AvgIpc) is 3.63. The summed E-state index contributed by atoms with van der Waals surface area (Å²) < 4.78 is 7.48. The van der Waals surface area contributed by atoms with Crippen LogP contribution in [0.4, 0.5) is 11.6 Å². The third-order valence-electron chi connectivity index (χ3n) is 6.71. The Morgan fingerprint density at radius 2 is 1.91 bits per heavy atom. The van der Waals surface area contributed by atoms with Crippen molar-refractivity contribution in [1.82, 2.24) is 24.6 Å². The van der Waals surface area contributed by atoms with E-state index in [0.717, 1.165) is 93.0 Å². The SMILES string of the molecule is CCCOCCCN1CCC(c2cc3nc(Nc4cnn(C5CC5)c4Cl)ncc3cc2Cl)CC1. The highest BCUT2D eigenvalue weighted by Gasteiger charge is 2.27. The molecule has 0 bridgehead atoms. The lowest BCUT2D eigenvalue weighted by molar-refractivity contribution is 0.116. The number of likely N-dealkylation sites (tertiary alicyclic amines) is 1. The minimum atomic E-state index is 0.422. The van der Waals surface area contributed by atoms with E-state index in [0.29, 0.717) is 23.1 Å². The van der Waals surface area contributed by atoms with E-state index in [4.69, 9.17) is 32.9 Å². The molecule has 1 aromatic carbocycles. The van der Waals surface area contributed by atoms with Crippen molar-refractivity contribution >= 4 is 45.7 Å². The van der Waals surface area contributed by atoms with Crippen LogP contribution in [0, 0.1) is 0 Å². The van der Waals surface area contributed by atoms with E-state index in [9.17, 15) is 0 Å². The van der Waals surface area contributed by atoms with Crippen molar-refractivity contribution in [2.75, 3.05) is 38.2 Å². The molecule has 0 amide bonds. The summed E-state index contributed by atoms with van der Waals surface area (Å²) >= 11 is 13.2. The minimum Gasteiger partial charge on any atom is -0.381 e. The summed E-state index contributed by atoms with van der Waals surface area (Å²) in [5, 5.41) is 9.97. The normalized spacial score (nSPS) is 17.5. The first-order chi connectivity index (χ1) is 16.6. The van der Waals surface area contributed by atoms with Gasteiger partial charge in [-0.15, -0.1) is 0 Å². The number of fused-ring (bicyclic) bond motifs is 1. The van der Waals surface area contributed by atoms with Gasteiger partial charge in [0.15, 0.2) is 5.15 Å². The molecule has 2 aromatic heterocycles. The molecule has 0 atom stereocenters. The number of ether oxygens (including phenoxy) is 1. The van der Waals surface area contributed by atoms with Crippen LogP contribution in [0.5, 0.6) is 0 Å². The number of rotatable bonds is 10. The predicted molar refractivity (Wildman–Crippen MR) is 137 cm³/mol. The van der Waals surface area contributed by atoms with Gasteiger partial charge in [-0.05, 0) is 75.2 Å². The van der Waals surface area contributed by atoms with Gasteiger partial charge >= 0.3 is 0 Å². The molecule has 7 nitrogen and oxygen atoms in total. The first-order valence-corrected chi connectivity index (χ1v) is 13.1. The Hall–Kier alpha value is -1.93. The van der Waals surface area contributed by atoms with Gasteiger partial charge < -0.3 is 15.0 Å². The van der Waals surface area contributed by atoms with Crippen molar-refractivity contribution in [3.8, 4) is 0 Å². The molecule has 1 saturated carbocycles. The van der Waals surface area contributed by atoms with Gasteiger partial charge in [0.1, 0.15) is 0 Å². The number of nitrogens with zero attached hydrogens (tertiary/aromatic N) is 5. The Morgan fingerprint density at radius 1 is 1.09 bits per heavy atom. The summed E-state index contributed by atoms with van der Waals surface area (Å²) in [6.45, 7) is 7.14. The van der Waals surface area contributed by atoms with Crippen LogP contribution in [0.1, 0.15) is 63.0 Å². The van der Waals surface area contributed by atoms with E-state index < -0.39 is 0 Å². The van der Waals surface area contributed by atoms with Crippen molar-refractivity contribution in [1.29, 1.82) is 0 Å². The van der Waals surface area contributed by atoms with Crippen molar-refractivity contribution in [3.63, 3.8) is 0 Å². The van der Waals surface area contributed by atoms with Crippen LogP contribution in [0.25, 0.3) is 10.9 Å². The minimum absolute atomic E-state index is 0.422. The van der Waals surface area contributed by atoms with Crippen molar-refractivity contribution in [2.24, 2.45) is 0 Å². The third-order valence-corrected chi connectivity index (χ3v) is 7.42. The molecule has 1 saturated heterocycles. The van der Waals surface area contributed by atoms with Gasteiger partial charge in [-0.1, -0.05) is 30.1 Å². The summed E-state index contributed by atoms with van der Waals surface area (Å²) in [7, 11) is 0. The molecular formula is C25H32Cl2N6O. The van der Waals surface area contributed by atoms with Crippen molar-refractivity contribution in [3.05, 3.63) is 40.3 Å². The van der Waals surface area contributed by atoms with Gasteiger partial charge in [0.2, 0.25) is 5.95 Å². The Labute approximate surface area is 210 Å². The van der Waals surface area contributed by atoms with E-state index in [1.807, 2.05) is 16.9 Å². The molecule has 5 rings (SSSR count).